The van der Waals surface area contributed by atoms with Crippen LogP contribution in [0.2, 0.25) is 10.0 Å². The summed E-state index contributed by atoms with van der Waals surface area (Å²) in [6.45, 7) is 2.10. The van der Waals surface area contributed by atoms with Gasteiger partial charge in [0.25, 0.3) is 5.91 Å². The number of hydrogen-bond donors (Lipinski definition) is 2. The molecule has 0 saturated heterocycles. The molecule has 0 aromatic heterocycles. The maximum atomic E-state index is 13.3. The summed E-state index contributed by atoms with van der Waals surface area (Å²) in [4.78, 5) is 12.3. The van der Waals surface area contributed by atoms with Crippen molar-refractivity contribution in [2.24, 2.45) is 0 Å². The second kappa shape index (κ2) is 10.9. The first-order valence-corrected chi connectivity index (χ1v) is 11.1. The van der Waals surface area contributed by atoms with Crippen LogP contribution in [-0.2, 0) is 11.3 Å². The lowest BCUT2D eigenvalue weighted by atomic mass is 10.2. The van der Waals surface area contributed by atoms with Gasteiger partial charge >= 0.3 is 0 Å². The Labute approximate surface area is 203 Å². The van der Waals surface area contributed by atoms with E-state index in [2.05, 4.69) is 26.6 Å². The first-order chi connectivity index (χ1) is 15.3. The Bertz CT molecular complexity index is 1140. The summed E-state index contributed by atoms with van der Waals surface area (Å²) in [7, 11) is 1.51. The SMILES string of the molecule is COc1cc(CNc2ccc(F)c(Cl)c2)cc(Br)c1OCC(=O)Nc1ccc(C)c(Cl)c1. The quantitative estimate of drug-likeness (QED) is 0.327. The van der Waals surface area contributed by atoms with Gasteiger partial charge in [-0.2, -0.15) is 0 Å². The van der Waals surface area contributed by atoms with Crippen LogP contribution >= 0.6 is 39.1 Å². The molecule has 3 aromatic rings. The van der Waals surface area contributed by atoms with Gasteiger partial charge in [0.2, 0.25) is 0 Å². The van der Waals surface area contributed by atoms with E-state index in [1.165, 1.54) is 19.2 Å². The number of ether oxygens (including phenoxy) is 2. The van der Waals surface area contributed by atoms with Gasteiger partial charge in [-0.05, 0) is 76.4 Å². The Morgan fingerprint density at radius 1 is 1.06 bits per heavy atom. The Morgan fingerprint density at radius 3 is 2.47 bits per heavy atom. The Morgan fingerprint density at radius 2 is 1.78 bits per heavy atom. The van der Waals surface area contributed by atoms with Gasteiger partial charge < -0.3 is 20.1 Å². The van der Waals surface area contributed by atoms with Crippen LogP contribution in [0, 0.1) is 12.7 Å². The fraction of sp³-hybridized carbons (Fsp3) is 0.174. The standard InChI is InChI=1S/C23H20BrCl2FN2O3/c1-13-3-4-16(10-18(13)25)29-22(30)12-32-23-17(24)7-14(8-21(23)31-2)11-28-15-5-6-20(27)19(26)9-15/h3-10,28H,11-12H2,1-2H3,(H,29,30). The molecule has 0 saturated carbocycles. The average molecular weight is 542 g/mol. The molecule has 0 aliphatic carbocycles. The molecule has 0 fully saturated rings. The molecule has 0 atom stereocenters. The number of rotatable bonds is 8. The minimum atomic E-state index is -0.474. The van der Waals surface area contributed by atoms with Gasteiger partial charge in [-0.1, -0.05) is 29.3 Å². The maximum Gasteiger partial charge on any atom is 0.262 e. The van der Waals surface area contributed by atoms with E-state index < -0.39 is 5.82 Å². The van der Waals surface area contributed by atoms with Crippen molar-refractivity contribution < 1.29 is 18.7 Å². The molecule has 0 radical (unpaired) electrons. The molecular formula is C23H20BrCl2FN2O3. The van der Waals surface area contributed by atoms with E-state index in [9.17, 15) is 9.18 Å². The fourth-order valence-corrected chi connectivity index (χ4v) is 3.80. The highest BCUT2D eigenvalue weighted by molar-refractivity contribution is 9.10. The third kappa shape index (κ3) is 6.28. The van der Waals surface area contributed by atoms with Crippen LogP contribution < -0.4 is 20.1 Å². The first-order valence-electron chi connectivity index (χ1n) is 9.51. The molecule has 2 N–H and O–H groups in total. The zero-order valence-electron chi connectivity index (χ0n) is 17.3. The molecule has 0 bridgehead atoms. The monoisotopic (exact) mass is 540 g/mol. The summed E-state index contributed by atoms with van der Waals surface area (Å²) in [5.41, 5.74) is 3.06. The van der Waals surface area contributed by atoms with Gasteiger partial charge in [0.1, 0.15) is 5.82 Å². The lowest BCUT2D eigenvalue weighted by Crippen LogP contribution is -2.20. The summed E-state index contributed by atoms with van der Waals surface area (Å²) in [5.74, 6) is 0.0492. The van der Waals surface area contributed by atoms with E-state index in [0.29, 0.717) is 38.9 Å². The molecule has 3 rings (SSSR count). The first kappa shape index (κ1) is 24.2. The van der Waals surface area contributed by atoms with Gasteiger partial charge in [0.15, 0.2) is 18.1 Å². The summed E-state index contributed by atoms with van der Waals surface area (Å²) >= 11 is 15.4. The van der Waals surface area contributed by atoms with Crippen LogP contribution in [0.1, 0.15) is 11.1 Å². The summed E-state index contributed by atoms with van der Waals surface area (Å²) in [6, 6.07) is 13.3. The van der Waals surface area contributed by atoms with Gasteiger partial charge in [0, 0.05) is 22.9 Å². The Kier molecular flexibility index (Phi) is 8.23. The highest BCUT2D eigenvalue weighted by atomic mass is 79.9. The number of amides is 1. The normalized spacial score (nSPS) is 10.6. The lowest BCUT2D eigenvalue weighted by Gasteiger charge is -2.15. The predicted molar refractivity (Wildman–Crippen MR) is 130 cm³/mol. The van der Waals surface area contributed by atoms with E-state index in [0.717, 1.165) is 11.1 Å². The Hall–Kier alpha value is -2.48. The van der Waals surface area contributed by atoms with Crippen molar-refractivity contribution in [2.45, 2.75) is 13.5 Å². The van der Waals surface area contributed by atoms with Crippen molar-refractivity contribution in [1.82, 2.24) is 0 Å². The minimum absolute atomic E-state index is 0.0451. The van der Waals surface area contributed by atoms with Crippen molar-refractivity contribution in [2.75, 3.05) is 24.4 Å². The third-order valence-electron chi connectivity index (χ3n) is 4.51. The van der Waals surface area contributed by atoms with E-state index in [-0.39, 0.29) is 17.5 Å². The molecule has 32 heavy (non-hydrogen) atoms. The van der Waals surface area contributed by atoms with Crippen LogP contribution in [0.4, 0.5) is 15.8 Å². The summed E-state index contributed by atoms with van der Waals surface area (Å²) in [6.07, 6.45) is 0. The predicted octanol–water partition coefficient (Wildman–Crippen LogP) is 6.84. The van der Waals surface area contributed by atoms with Crippen LogP contribution in [0.3, 0.4) is 0 Å². The molecule has 0 aliphatic heterocycles. The number of carbonyl (C=O) groups is 1. The Balaban J connectivity index is 1.64. The third-order valence-corrected chi connectivity index (χ3v) is 5.79. The van der Waals surface area contributed by atoms with Crippen molar-refractivity contribution in [3.05, 3.63) is 80.0 Å². The lowest BCUT2D eigenvalue weighted by molar-refractivity contribution is -0.118. The smallest absolute Gasteiger partial charge is 0.262 e. The van der Waals surface area contributed by atoms with Gasteiger partial charge in [-0.3, -0.25) is 4.79 Å². The van der Waals surface area contributed by atoms with E-state index in [1.54, 1.807) is 24.3 Å². The van der Waals surface area contributed by atoms with E-state index in [1.807, 2.05) is 19.1 Å². The van der Waals surface area contributed by atoms with Crippen molar-refractivity contribution in [1.29, 1.82) is 0 Å². The molecule has 168 valence electrons. The van der Waals surface area contributed by atoms with Crippen molar-refractivity contribution in [3.63, 3.8) is 0 Å². The summed E-state index contributed by atoms with van der Waals surface area (Å²) in [5, 5.41) is 6.53. The zero-order chi connectivity index (χ0) is 23.3. The maximum absolute atomic E-state index is 13.3. The number of carbonyl (C=O) groups excluding carboxylic acids is 1. The molecule has 0 heterocycles. The van der Waals surface area contributed by atoms with Crippen molar-refractivity contribution in [3.8, 4) is 11.5 Å². The van der Waals surface area contributed by atoms with Gasteiger partial charge in [-0.25, -0.2) is 4.39 Å². The second-order valence-electron chi connectivity index (χ2n) is 6.89. The van der Waals surface area contributed by atoms with Gasteiger partial charge in [0.05, 0.1) is 16.6 Å². The van der Waals surface area contributed by atoms with Crippen LogP contribution in [-0.4, -0.2) is 19.6 Å². The molecule has 3 aromatic carbocycles. The number of methoxy groups -OCH3 is 1. The molecule has 0 unspecified atom stereocenters. The highest BCUT2D eigenvalue weighted by Crippen LogP contribution is 2.37. The average Bonchev–Trinajstić information content (AvgIpc) is 2.76. The molecule has 9 heteroatoms. The number of aryl methyl sites for hydroxylation is 1. The van der Waals surface area contributed by atoms with Gasteiger partial charge in [-0.15, -0.1) is 0 Å². The summed E-state index contributed by atoms with van der Waals surface area (Å²) < 4.78 is 25.1. The zero-order valence-corrected chi connectivity index (χ0v) is 20.4. The number of benzene rings is 3. The highest BCUT2D eigenvalue weighted by Gasteiger charge is 2.14. The minimum Gasteiger partial charge on any atom is -0.493 e. The van der Waals surface area contributed by atoms with Crippen LogP contribution in [0.5, 0.6) is 11.5 Å². The largest absolute Gasteiger partial charge is 0.493 e. The topological polar surface area (TPSA) is 59.6 Å². The molecule has 1 amide bonds. The molecule has 0 aliphatic rings. The molecule has 5 nitrogen and oxygen atoms in total. The van der Waals surface area contributed by atoms with E-state index in [4.69, 9.17) is 32.7 Å². The van der Waals surface area contributed by atoms with Crippen molar-refractivity contribution >= 4 is 56.4 Å². The number of halogens is 4. The molecular weight excluding hydrogens is 522 g/mol. The van der Waals surface area contributed by atoms with Crippen LogP contribution in [0.15, 0.2) is 53.0 Å². The fourth-order valence-electron chi connectivity index (χ4n) is 2.83. The second-order valence-corrected chi connectivity index (χ2v) is 8.56. The number of hydrogen-bond acceptors (Lipinski definition) is 4. The molecule has 0 spiro atoms. The number of anilines is 2. The van der Waals surface area contributed by atoms with Crippen LogP contribution in [0.25, 0.3) is 0 Å². The van der Waals surface area contributed by atoms with E-state index >= 15 is 0 Å². The number of nitrogens with one attached hydrogen (secondary N) is 2.